The minimum atomic E-state index is -0.00462. The van der Waals surface area contributed by atoms with Gasteiger partial charge in [-0.15, -0.1) is 0 Å². The van der Waals surface area contributed by atoms with E-state index < -0.39 is 0 Å². The van der Waals surface area contributed by atoms with Crippen molar-refractivity contribution in [1.29, 1.82) is 0 Å². The fraction of sp³-hybridized carbons (Fsp3) is 0.933. The first kappa shape index (κ1) is 14.8. The van der Waals surface area contributed by atoms with E-state index >= 15 is 0 Å². The monoisotopic (exact) mass is 267 g/mol. The summed E-state index contributed by atoms with van der Waals surface area (Å²) in [6, 6.07) is -0.00462. The molecule has 1 N–H and O–H groups in total. The standard InChI is InChI=1S/C15H29N3O/c1-11(2)9-14-16-12(3)15(19)18(14)10-13-5-7-17(4)8-6-13/h11-14,16H,5-10H2,1-4H3. The highest BCUT2D eigenvalue weighted by atomic mass is 16.2. The molecule has 19 heavy (non-hydrogen) atoms. The van der Waals surface area contributed by atoms with E-state index in [1.165, 1.54) is 25.9 Å². The summed E-state index contributed by atoms with van der Waals surface area (Å²) in [5.41, 5.74) is 0. The molecule has 2 aliphatic rings. The molecule has 0 saturated carbocycles. The Hall–Kier alpha value is -0.610. The van der Waals surface area contributed by atoms with Gasteiger partial charge in [-0.25, -0.2) is 0 Å². The van der Waals surface area contributed by atoms with Gasteiger partial charge in [-0.1, -0.05) is 13.8 Å². The highest BCUT2D eigenvalue weighted by molar-refractivity contribution is 5.83. The van der Waals surface area contributed by atoms with Crippen LogP contribution in [-0.2, 0) is 4.79 Å². The van der Waals surface area contributed by atoms with Gasteiger partial charge in [-0.3, -0.25) is 10.1 Å². The molecule has 2 atom stereocenters. The molecule has 2 unspecified atom stereocenters. The van der Waals surface area contributed by atoms with Crippen LogP contribution in [0.4, 0.5) is 0 Å². The molecule has 2 fully saturated rings. The Balaban J connectivity index is 1.93. The third-order valence-corrected chi connectivity index (χ3v) is 4.46. The molecule has 110 valence electrons. The lowest BCUT2D eigenvalue weighted by Gasteiger charge is -2.34. The molecule has 2 rings (SSSR count). The number of hydrogen-bond donors (Lipinski definition) is 1. The maximum atomic E-state index is 12.3. The average molecular weight is 267 g/mol. The highest BCUT2D eigenvalue weighted by Crippen LogP contribution is 2.23. The van der Waals surface area contributed by atoms with Crippen molar-refractivity contribution in [2.75, 3.05) is 26.7 Å². The molecule has 0 aromatic carbocycles. The van der Waals surface area contributed by atoms with Crippen molar-refractivity contribution in [3.8, 4) is 0 Å². The molecular formula is C15H29N3O. The lowest BCUT2D eigenvalue weighted by Crippen LogP contribution is -2.43. The molecule has 4 heteroatoms. The van der Waals surface area contributed by atoms with E-state index in [9.17, 15) is 4.79 Å². The van der Waals surface area contributed by atoms with Crippen LogP contribution in [0.25, 0.3) is 0 Å². The molecule has 4 nitrogen and oxygen atoms in total. The van der Waals surface area contributed by atoms with Crippen LogP contribution >= 0.6 is 0 Å². The molecule has 0 aliphatic carbocycles. The Bertz CT molecular complexity index is 311. The second-order valence-electron chi connectivity index (χ2n) is 6.77. The zero-order valence-electron chi connectivity index (χ0n) is 12.9. The number of carbonyl (C=O) groups is 1. The smallest absolute Gasteiger partial charge is 0.240 e. The van der Waals surface area contributed by atoms with Gasteiger partial charge >= 0.3 is 0 Å². The van der Waals surface area contributed by atoms with Gasteiger partial charge in [0.1, 0.15) is 0 Å². The number of piperidine rings is 1. The van der Waals surface area contributed by atoms with Crippen LogP contribution in [0.5, 0.6) is 0 Å². The van der Waals surface area contributed by atoms with Crippen molar-refractivity contribution >= 4 is 5.91 Å². The minimum Gasteiger partial charge on any atom is -0.326 e. The fourth-order valence-electron chi connectivity index (χ4n) is 3.23. The summed E-state index contributed by atoms with van der Waals surface area (Å²) in [7, 11) is 2.18. The van der Waals surface area contributed by atoms with Crippen molar-refractivity contribution in [3.05, 3.63) is 0 Å². The highest BCUT2D eigenvalue weighted by Gasteiger charge is 2.37. The summed E-state index contributed by atoms with van der Waals surface area (Å²) in [5.74, 6) is 1.60. The van der Waals surface area contributed by atoms with Crippen LogP contribution in [0.15, 0.2) is 0 Å². The van der Waals surface area contributed by atoms with Gasteiger partial charge in [0.15, 0.2) is 0 Å². The van der Waals surface area contributed by atoms with Gasteiger partial charge in [0.2, 0.25) is 5.91 Å². The Morgan fingerprint density at radius 1 is 1.32 bits per heavy atom. The topological polar surface area (TPSA) is 35.6 Å². The molecule has 2 heterocycles. The largest absolute Gasteiger partial charge is 0.326 e. The number of nitrogens with zero attached hydrogens (tertiary/aromatic N) is 2. The number of hydrogen-bond acceptors (Lipinski definition) is 3. The Morgan fingerprint density at radius 3 is 2.53 bits per heavy atom. The lowest BCUT2D eigenvalue weighted by molar-refractivity contribution is -0.130. The van der Waals surface area contributed by atoms with Crippen LogP contribution in [-0.4, -0.2) is 54.6 Å². The lowest BCUT2D eigenvalue weighted by atomic mass is 9.96. The molecule has 0 aromatic heterocycles. The van der Waals surface area contributed by atoms with E-state index in [0.29, 0.717) is 17.7 Å². The predicted molar refractivity (Wildman–Crippen MR) is 77.8 cm³/mol. The summed E-state index contributed by atoms with van der Waals surface area (Å²) < 4.78 is 0. The molecule has 1 amide bonds. The average Bonchev–Trinajstić information content (AvgIpc) is 2.59. The number of nitrogens with one attached hydrogen (secondary N) is 1. The van der Waals surface area contributed by atoms with Gasteiger partial charge in [0.25, 0.3) is 0 Å². The van der Waals surface area contributed by atoms with E-state index in [0.717, 1.165) is 13.0 Å². The van der Waals surface area contributed by atoms with Crippen molar-refractivity contribution in [2.45, 2.75) is 52.2 Å². The molecule has 0 spiro atoms. The van der Waals surface area contributed by atoms with E-state index in [2.05, 4.69) is 36.0 Å². The predicted octanol–water partition coefficient (Wildman–Crippen LogP) is 1.52. The van der Waals surface area contributed by atoms with Gasteiger partial charge in [-0.05, 0) is 58.2 Å². The Kier molecular flexibility index (Phi) is 4.85. The van der Waals surface area contributed by atoms with Crippen LogP contribution in [0.1, 0.15) is 40.0 Å². The van der Waals surface area contributed by atoms with Crippen molar-refractivity contribution in [3.63, 3.8) is 0 Å². The van der Waals surface area contributed by atoms with Crippen LogP contribution in [0.2, 0.25) is 0 Å². The fourth-order valence-corrected chi connectivity index (χ4v) is 3.23. The number of likely N-dealkylation sites (tertiary alicyclic amines) is 1. The third-order valence-electron chi connectivity index (χ3n) is 4.46. The van der Waals surface area contributed by atoms with Crippen molar-refractivity contribution < 1.29 is 4.79 Å². The van der Waals surface area contributed by atoms with Crippen molar-refractivity contribution in [1.82, 2.24) is 15.1 Å². The summed E-state index contributed by atoms with van der Waals surface area (Å²) in [4.78, 5) is 16.8. The quantitative estimate of drug-likeness (QED) is 0.839. The van der Waals surface area contributed by atoms with Gasteiger partial charge in [0, 0.05) is 6.54 Å². The molecule has 2 aliphatic heterocycles. The SMILES string of the molecule is CC(C)CC1NC(C)C(=O)N1CC1CCN(C)CC1. The number of amides is 1. The normalized spacial score (nSPS) is 30.6. The van der Waals surface area contributed by atoms with E-state index in [1.807, 2.05) is 6.92 Å². The third kappa shape index (κ3) is 3.69. The summed E-state index contributed by atoms with van der Waals surface area (Å²) >= 11 is 0. The number of rotatable bonds is 4. The molecule has 0 aromatic rings. The van der Waals surface area contributed by atoms with E-state index in [4.69, 9.17) is 0 Å². The first-order chi connectivity index (χ1) is 8.97. The van der Waals surface area contributed by atoms with Gasteiger partial charge < -0.3 is 9.80 Å². The minimum absolute atomic E-state index is 0.00462. The van der Waals surface area contributed by atoms with Crippen molar-refractivity contribution in [2.24, 2.45) is 11.8 Å². The second-order valence-corrected chi connectivity index (χ2v) is 6.77. The molecule has 2 saturated heterocycles. The molecular weight excluding hydrogens is 238 g/mol. The summed E-state index contributed by atoms with van der Waals surface area (Å²) in [6.07, 6.45) is 3.76. The maximum Gasteiger partial charge on any atom is 0.240 e. The van der Waals surface area contributed by atoms with Crippen LogP contribution in [0, 0.1) is 11.8 Å². The summed E-state index contributed by atoms with van der Waals surface area (Å²) in [5, 5.41) is 3.45. The second kappa shape index (κ2) is 6.23. The van der Waals surface area contributed by atoms with Gasteiger partial charge in [0.05, 0.1) is 12.2 Å². The maximum absolute atomic E-state index is 12.3. The first-order valence-corrected chi connectivity index (χ1v) is 7.72. The van der Waals surface area contributed by atoms with E-state index in [-0.39, 0.29) is 12.2 Å². The zero-order chi connectivity index (χ0) is 14.0. The van der Waals surface area contributed by atoms with Gasteiger partial charge in [-0.2, -0.15) is 0 Å². The first-order valence-electron chi connectivity index (χ1n) is 7.72. The Labute approximate surface area is 117 Å². The molecule has 0 bridgehead atoms. The zero-order valence-corrected chi connectivity index (χ0v) is 12.9. The molecule has 0 radical (unpaired) electrons. The summed E-state index contributed by atoms with van der Waals surface area (Å²) in [6.45, 7) is 9.73. The van der Waals surface area contributed by atoms with Crippen LogP contribution < -0.4 is 5.32 Å². The Morgan fingerprint density at radius 2 is 1.95 bits per heavy atom. The van der Waals surface area contributed by atoms with Crippen LogP contribution in [0.3, 0.4) is 0 Å². The van der Waals surface area contributed by atoms with E-state index in [1.54, 1.807) is 0 Å². The number of carbonyl (C=O) groups excluding carboxylic acids is 1.